The van der Waals surface area contributed by atoms with Crippen LogP contribution in [-0.4, -0.2) is 48.5 Å². The van der Waals surface area contributed by atoms with Gasteiger partial charge in [-0.15, -0.1) is 0 Å². The van der Waals surface area contributed by atoms with Crippen molar-refractivity contribution in [2.24, 2.45) is 16.3 Å². The quantitative estimate of drug-likeness (QED) is 0.867. The van der Waals surface area contributed by atoms with Crippen LogP contribution in [0.4, 0.5) is 0 Å². The largest absolute Gasteiger partial charge is 0.365 e. The van der Waals surface area contributed by atoms with Crippen LogP contribution in [0.5, 0.6) is 0 Å². The molecule has 0 amide bonds. The van der Waals surface area contributed by atoms with E-state index in [2.05, 4.69) is 17.1 Å². The first kappa shape index (κ1) is 14.7. The number of aliphatic imine (C=N–C) groups is 1. The van der Waals surface area contributed by atoms with Crippen LogP contribution in [0.15, 0.2) is 4.99 Å². The minimum atomic E-state index is 0.556. The van der Waals surface area contributed by atoms with Gasteiger partial charge in [0, 0.05) is 25.4 Å². The van der Waals surface area contributed by atoms with Crippen molar-refractivity contribution in [2.75, 3.05) is 38.5 Å². The third-order valence-electron chi connectivity index (χ3n) is 5.35. The van der Waals surface area contributed by atoms with Gasteiger partial charge in [0.25, 0.3) is 0 Å². The number of amidine groups is 1. The fourth-order valence-corrected chi connectivity index (χ4v) is 5.03. The predicted molar refractivity (Wildman–Crippen MR) is 88.5 cm³/mol. The summed E-state index contributed by atoms with van der Waals surface area (Å²) in [5.74, 6) is 2.12. The van der Waals surface area contributed by atoms with E-state index < -0.39 is 0 Å². The standard InChI is InChI=1S/C16H29N3S/c1-2-19-9-6-14(11-19)10-17-15-18-12-16(13-20-15)7-4-3-5-8-16/h14H,2-13H2,1H3,(H,17,18). The summed E-state index contributed by atoms with van der Waals surface area (Å²) in [6.07, 6.45) is 8.46. The third-order valence-corrected chi connectivity index (χ3v) is 6.65. The highest BCUT2D eigenvalue weighted by atomic mass is 32.2. The molecule has 3 nitrogen and oxygen atoms in total. The van der Waals surface area contributed by atoms with Gasteiger partial charge in [0.1, 0.15) is 0 Å². The van der Waals surface area contributed by atoms with E-state index in [1.807, 2.05) is 11.8 Å². The van der Waals surface area contributed by atoms with E-state index in [1.165, 1.54) is 69.1 Å². The van der Waals surface area contributed by atoms with Crippen molar-refractivity contribution in [1.82, 2.24) is 10.2 Å². The third kappa shape index (κ3) is 3.51. The van der Waals surface area contributed by atoms with Crippen LogP contribution in [0.25, 0.3) is 0 Å². The second-order valence-electron chi connectivity index (χ2n) is 6.90. The Kier molecular flexibility index (Phi) is 4.92. The lowest BCUT2D eigenvalue weighted by atomic mass is 9.75. The average Bonchev–Trinajstić information content (AvgIpc) is 2.96. The first-order valence-corrected chi connectivity index (χ1v) is 9.42. The molecule has 2 fully saturated rings. The molecule has 1 unspecified atom stereocenters. The Labute approximate surface area is 128 Å². The highest BCUT2D eigenvalue weighted by molar-refractivity contribution is 8.13. The maximum Gasteiger partial charge on any atom is 0.156 e. The molecule has 2 heterocycles. The molecule has 20 heavy (non-hydrogen) atoms. The number of nitrogens with zero attached hydrogens (tertiary/aromatic N) is 2. The van der Waals surface area contributed by atoms with Gasteiger partial charge in [-0.3, -0.25) is 4.99 Å². The monoisotopic (exact) mass is 295 g/mol. The van der Waals surface area contributed by atoms with Gasteiger partial charge in [-0.05, 0) is 43.7 Å². The maximum absolute atomic E-state index is 4.86. The first-order chi connectivity index (χ1) is 9.80. The van der Waals surface area contributed by atoms with Gasteiger partial charge >= 0.3 is 0 Å². The zero-order valence-corrected chi connectivity index (χ0v) is 13.7. The minimum absolute atomic E-state index is 0.556. The van der Waals surface area contributed by atoms with Gasteiger partial charge in [0.2, 0.25) is 0 Å². The van der Waals surface area contributed by atoms with Crippen LogP contribution in [0, 0.1) is 11.3 Å². The van der Waals surface area contributed by atoms with Crippen molar-refractivity contribution in [3.05, 3.63) is 0 Å². The highest BCUT2D eigenvalue weighted by Gasteiger charge is 2.35. The number of nitrogens with one attached hydrogen (secondary N) is 1. The molecule has 1 aliphatic carbocycles. The second kappa shape index (κ2) is 6.69. The zero-order chi connectivity index (χ0) is 13.8. The molecule has 1 spiro atoms. The summed E-state index contributed by atoms with van der Waals surface area (Å²) in [5.41, 5.74) is 0.556. The van der Waals surface area contributed by atoms with Crippen molar-refractivity contribution >= 4 is 16.9 Å². The summed E-state index contributed by atoms with van der Waals surface area (Å²) >= 11 is 1.98. The molecule has 1 saturated carbocycles. The predicted octanol–water partition coefficient (Wildman–Crippen LogP) is 2.97. The molecule has 1 saturated heterocycles. The SMILES string of the molecule is CCN1CCC(CNC2=NCC3(CCCCC3)CS2)C1. The number of hydrogen-bond acceptors (Lipinski definition) is 4. The van der Waals surface area contributed by atoms with Crippen molar-refractivity contribution in [1.29, 1.82) is 0 Å². The Hall–Kier alpha value is -0.220. The van der Waals surface area contributed by atoms with Crippen molar-refractivity contribution in [3.63, 3.8) is 0 Å². The molecule has 3 rings (SSSR count). The number of hydrogen-bond donors (Lipinski definition) is 1. The molecule has 1 N–H and O–H groups in total. The lowest BCUT2D eigenvalue weighted by Crippen LogP contribution is -2.38. The zero-order valence-electron chi connectivity index (χ0n) is 12.9. The maximum atomic E-state index is 4.86. The molecule has 0 radical (unpaired) electrons. The Morgan fingerprint density at radius 2 is 2.20 bits per heavy atom. The topological polar surface area (TPSA) is 27.6 Å². The molecule has 4 heteroatoms. The van der Waals surface area contributed by atoms with E-state index in [0.717, 1.165) is 19.0 Å². The summed E-state index contributed by atoms with van der Waals surface area (Å²) in [6, 6.07) is 0. The molecular weight excluding hydrogens is 266 g/mol. The van der Waals surface area contributed by atoms with E-state index in [1.54, 1.807) is 0 Å². The molecule has 2 aliphatic heterocycles. The van der Waals surface area contributed by atoms with Gasteiger partial charge in [-0.2, -0.15) is 0 Å². The van der Waals surface area contributed by atoms with Gasteiger partial charge < -0.3 is 10.2 Å². The summed E-state index contributed by atoms with van der Waals surface area (Å²) < 4.78 is 0. The Morgan fingerprint density at radius 3 is 2.85 bits per heavy atom. The van der Waals surface area contributed by atoms with E-state index in [9.17, 15) is 0 Å². The minimum Gasteiger partial charge on any atom is -0.365 e. The van der Waals surface area contributed by atoms with Gasteiger partial charge in [0.15, 0.2) is 5.17 Å². The Balaban J connectivity index is 1.43. The van der Waals surface area contributed by atoms with E-state index in [0.29, 0.717) is 5.41 Å². The lowest BCUT2D eigenvalue weighted by molar-refractivity contribution is 0.232. The summed E-state index contributed by atoms with van der Waals surface area (Å²) in [7, 11) is 0. The average molecular weight is 295 g/mol. The van der Waals surface area contributed by atoms with Crippen LogP contribution in [0.2, 0.25) is 0 Å². The fourth-order valence-electron chi connectivity index (χ4n) is 3.86. The normalized spacial score (nSPS) is 30.4. The molecule has 0 bridgehead atoms. The van der Waals surface area contributed by atoms with Crippen LogP contribution in [0.1, 0.15) is 45.4 Å². The Morgan fingerprint density at radius 1 is 1.35 bits per heavy atom. The number of thioether (sulfide) groups is 1. The van der Waals surface area contributed by atoms with Crippen molar-refractivity contribution < 1.29 is 0 Å². The molecule has 3 aliphatic rings. The second-order valence-corrected chi connectivity index (χ2v) is 7.86. The number of likely N-dealkylation sites (tertiary alicyclic amines) is 1. The molecular formula is C16H29N3S. The van der Waals surface area contributed by atoms with Crippen LogP contribution < -0.4 is 5.32 Å². The van der Waals surface area contributed by atoms with Crippen LogP contribution >= 0.6 is 11.8 Å². The van der Waals surface area contributed by atoms with Crippen LogP contribution in [-0.2, 0) is 0 Å². The smallest absolute Gasteiger partial charge is 0.156 e. The van der Waals surface area contributed by atoms with E-state index >= 15 is 0 Å². The highest BCUT2D eigenvalue weighted by Crippen LogP contribution is 2.41. The fraction of sp³-hybridized carbons (Fsp3) is 0.938. The molecule has 0 aromatic heterocycles. The van der Waals surface area contributed by atoms with E-state index in [4.69, 9.17) is 4.99 Å². The summed E-state index contributed by atoms with van der Waals surface area (Å²) in [4.78, 5) is 7.42. The summed E-state index contributed by atoms with van der Waals surface area (Å²) in [6.45, 7) is 8.22. The summed E-state index contributed by atoms with van der Waals surface area (Å²) in [5, 5.41) is 4.84. The molecule has 0 aromatic carbocycles. The van der Waals surface area contributed by atoms with Crippen molar-refractivity contribution in [3.8, 4) is 0 Å². The first-order valence-electron chi connectivity index (χ1n) is 8.43. The van der Waals surface area contributed by atoms with Gasteiger partial charge in [0.05, 0.1) is 0 Å². The van der Waals surface area contributed by atoms with Gasteiger partial charge in [-0.25, -0.2) is 0 Å². The number of rotatable bonds is 3. The molecule has 0 aromatic rings. The van der Waals surface area contributed by atoms with Gasteiger partial charge in [-0.1, -0.05) is 37.9 Å². The lowest BCUT2D eigenvalue weighted by Gasteiger charge is -2.38. The Bertz CT molecular complexity index is 350. The molecule has 1 atom stereocenters. The van der Waals surface area contributed by atoms with Crippen LogP contribution in [0.3, 0.4) is 0 Å². The van der Waals surface area contributed by atoms with E-state index in [-0.39, 0.29) is 0 Å². The molecule has 114 valence electrons. The van der Waals surface area contributed by atoms with Crippen molar-refractivity contribution in [2.45, 2.75) is 45.4 Å².